The Morgan fingerprint density at radius 1 is 0.964 bits per heavy atom. The lowest BCUT2D eigenvalue weighted by Crippen LogP contribution is -2.59. The van der Waals surface area contributed by atoms with Gasteiger partial charge in [-0.2, -0.15) is 0 Å². The van der Waals surface area contributed by atoms with Gasteiger partial charge >= 0.3 is 0 Å². The Hall–Kier alpha value is -2.30. The van der Waals surface area contributed by atoms with Crippen LogP contribution in [-0.2, 0) is 6.54 Å². The molecule has 3 atom stereocenters. The Morgan fingerprint density at radius 3 is 2.46 bits per heavy atom. The molecule has 0 radical (unpaired) electrons. The third-order valence-corrected chi connectivity index (χ3v) is 6.00. The molecule has 0 aliphatic carbocycles. The summed E-state index contributed by atoms with van der Waals surface area (Å²) in [6.45, 7) is 7.98. The maximum Gasteiger partial charge on any atom is 0.119 e. The third-order valence-electron chi connectivity index (χ3n) is 6.00. The van der Waals surface area contributed by atoms with E-state index in [1.54, 1.807) is 7.11 Å². The van der Waals surface area contributed by atoms with E-state index in [1.807, 2.05) is 36.4 Å². The molecule has 4 nitrogen and oxygen atoms in total. The van der Waals surface area contributed by atoms with Crippen LogP contribution in [0.2, 0.25) is 0 Å². The van der Waals surface area contributed by atoms with E-state index in [4.69, 9.17) is 9.47 Å². The summed E-state index contributed by atoms with van der Waals surface area (Å²) in [5.41, 5.74) is 1.32. The quantitative estimate of drug-likeness (QED) is 0.681. The topological polar surface area (TPSA) is 24.9 Å². The molecular formula is C24H30N2O2. The Morgan fingerprint density at radius 2 is 1.75 bits per heavy atom. The van der Waals surface area contributed by atoms with E-state index in [0.717, 1.165) is 44.1 Å². The molecule has 28 heavy (non-hydrogen) atoms. The van der Waals surface area contributed by atoms with E-state index < -0.39 is 0 Å². The summed E-state index contributed by atoms with van der Waals surface area (Å²) < 4.78 is 11.8. The Balaban J connectivity index is 1.54. The summed E-state index contributed by atoms with van der Waals surface area (Å²) in [7, 11) is 1.71. The summed E-state index contributed by atoms with van der Waals surface area (Å²) in [5, 5.41) is 0. The number of fused-ring (bicyclic) bond motifs is 4. The van der Waals surface area contributed by atoms with Crippen molar-refractivity contribution in [2.24, 2.45) is 0 Å². The fourth-order valence-electron chi connectivity index (χ4n) is 4.55. The molecule has 0 amide bonds. The predicted octanol–water partition coefficient (Wildman–Crippen LogP) is 3.98. The zero-order chi connectivity index (χ0) is 19.3. The van der Waals surface area contributed by atoms with Crippen LogP contribution in [0.25, 0.3) is 0 Å². The lowest BCUT2D eigenvalue weighted by atomic mass is 10.0. The molecule has 3 aliphatic heterocycles. The zero-order valence-corrected chi connectivity index (χ0v) is 16.7. The first-order valence-corrected chi connectivity index (χ1v) is 10.2. The molecule has 0 unspecified atom stereocenters. The van der Waals surface area contributed by atoms with Gasteiger partial charge in [0.25, 0.3) is 0 Å². The average molecular weight is 379 g/mol. The van der Waals surface area contributed by atoms with Gasteiger partial charge in [0.15, 0.2) is 0 Å². The van der Waals surface area contributed by atoms with E-state index in [-0.39, 0.29) is 6.10 Å². The largest absolute Gasteiger partial charge is 0.497 e. The van der Waals surface area contributed by atoms with Crippen LogP contribution in [0, 0.1) is 0 Å². The highest BCUT2D eigenvalue weighted by atomic mass is 16.5. The number of hydrogen-bond acceptors (Lipinski definition) is 4. The number of nitrogens with zero attached hydrogens (tertiary/aromatic N) is 2. The van der Waals surface area contributed by atoms with Gasteiger partial charge in [0, 0.05) is 32.2 Å². The minimum absolute atomic E-state index is 0.209. The van der Waals surface area contributed by atoms with Gasteiger partial charge < -0.3 is 9.47 Å². The number of ether oxygens (including phenoxy) is 2. The van der Waals surface area contributed by atoms with Gasteiger partial charge in [-0.15, -0.1) is 6.58 Å². The summed E-state index contributed by atoms with van der Waals surface area (Å²) in [6.07, 6.45) is 4.50. The van der Waals surface area contributed by atoms with Crippen LogP contribution in [0.4, 0.5) is 0 Å². The van der Waals surface area contributed by atoms with Gasteiger partial charge in [0.05, 0.1) is 13.2 Å². The second-order valence-electron chi connectivity index (χ2n) is 7.79. The summed E-state index contributed by atoms with van der Waals surface area (Å²) in [6, 6.07) is 19.6. The molecule has 0 aromatic heterocycles. The van der Waals surface area contributed by atoms with Crippen molar-refractivity contribution in [3.63, 3.8) is 0 Å². The van der Waals surface area contributed by atoms with Crippen LogP contribution in [0.1, 0.15) is 18.4 Å². The maximum atomic E-state index is 6.48. The minimum Gasteiger partial charge on any atom is -0.497 e. The normalized spacial score (nSPS) is 25.2. The first kappa shape index (κ1) is 19.0. The molecule has 5 rings (SSSR count). The van der Waals surface area contributed by atoms with Crippen LogP contribution < -0.4 is 9.47 Å². The molecule has 0 N–H and O–H groups in total. The molecule has 4 heteroatoms. The highest BCUT2D eigenvalue weighted by Crippen LogP contribution is 2.31. The van der Waals surface area contributed by atoms with E-state index in [1.165, 1.54) is 12.0 Å². The number of hydrogen-bond donors (Lipinski definition) is 0. The summed E-state index contributed by atoms with van der Waals surface area (Å²) >= 11 is 0. The first-order chi connectivity index (χ1) is 13.8. The first-order valence-electron chi connectivity index (χ1n) is 10.2. The highest BCUT2D eigenvalue weighted by Gasteiger charge is 2.42. The van der Waals surface area contributed by atoms with Crippen molar-refractivity contribution >= 4 is 0 Å². The second-order valence-corrected chi connectivity index (χ2v) is 7.79. The predicted molar refractivity (Wildman–Crippen MR) is 113 cm³/mol. The minimum atomic E-state index is 0.209. The Bertz CT molecular complexity index is 762. The van der Waals surface area contributed by atoms with Crippen molar-refractivity contribution in [1.29, 1.82) is 0 Å². The molecule has 2 aromatic rings. The van der Waals surface area contributed by atoms with Crippen molar-refractivity contribution < 1.29 is 9.47 Å². The van der Waals surface area contributed by atoms with E-state index in [9.17, 15) is 0 Å². The molecule has 2 bridgehead atoms. The van der Waals surface area contributed by atoms with Crippen LogP contribution in [-0.4, -0.2) is 54.7 Å². The fourth-order valence-corrected chi connectivity index (χ4v) is 4.55. The third kappa shape index (κ3) is 4.23. The smallest absolute Gasteiger partial charge is 0.119 e. The van der Waals surface area contributed by atoms with Gasteiger partial charge in [-0.05, 0) is 42.7 Å². The van der Waals surface area contributed by atoms with E-state index in [2.05, 4.69) is 40.6 Å². The van der Waals surface area contributed by atoms with Gasteiger partial charge in [-0.1, -0.05) is 36.4 Å². The highest BCUT2D eigenvalue weighted by molar-refractivity contribution is 5.27. The van der Waals surface area contributed by atoms with E-state index in [0.29, 0.717) is 12.1 Å². The fraction of sp³-hybridized carbons (Fsp3) is 0.417. The van der Waals surface area contributed by atoms with Gasteiger partial charge in [0.1, 0.15) is 17.6 Å². The molecule has 0 spiro atoms. The van der Waals surface area contributed by atoms with Crippen molar-refractivity contribution in [3.05, 3.63) is 72.8 Å². The molecule has 2 aromatic carbocycles. The lowest BCUT2D eigenvalue weighted by Gasteiger charge is -2.45. The van der Waals surface area contributed by atoms with Gasteiger partial charge in [0.2, 0.25) is 0 Å². The molecule has 3 aliphatic rings. The van der Waals surface area contributed by atoms with Crippen LogP contribution in [0.5, 0.6) is 11.5 Å². The molecular weight excluding hydrogens is 348 g/mol. The molecule has 148 valence electrons. The van der Waals surface area contributed by atoms with Crippen molar-refractivity contribution in [1.82, 2.24) is 9.80 Å². The number of benzene rings is 2. The monoisotopic (exact) mass is 378 g/mol. The van der Waals surface area contributed by atoms with Crippen molar-refractivity contribution in [3.8, 4) is 11.5 Å². The van der Waals surface area contributed by atoms with Crippen molar-refractivity contribution in [2.45, 2.75) is 37.6 Å². The molecule has 0 saturated carbocycles. The molecule has 3 heterocycles. The number of rotatable bonds is 7. The van der Waals surface area contributed by atoms with Gasteiger partial charge in [-0.25, -0.2) is 0 Å². The lowest BCUT2D eigenvalue weighted by molar-refractivity contribution is 0.00419. The standard InChI is InChI=1S/C24H30N2O2/c1-3-15-25-18-23-24(28-22-7-5-4-6-8-22)14-11-20(25)17-26(23)16-19-9-12-21(27-2)13-10-19/h3-10,12-13,20,23-24H,1,11,14-18H2,2H3/t20-,23+,24-/m1/s1. The van der Waals surface area contributed by atoms with Crippen LogP contribution in [0.3, 0.4) is 0 Å². The number of para-hydroxylation sites is 1. The van der Waals surface area contributed by atoms with Crippen LogP contribution >= 0.6 is 0 Å². The van der Waals surface area contributed by atoms with Crippen LogP contribution in [0.15, 0.2) is 67.3 Å². The number of methoxy groups -OCH3 is 1. The van der Waals surface area contributed by atoms with E-state index >= 15 is 0 Å². The summed E-state index contributed by atoms with van der Waals surface area (Å²) in [4.78, 5) is 5.20. The SMILES string of the molecule is C=CCN1C[C@H]2[C@H](Oc3ccccc3)CC[C@@H]1CN2Cc1ccc(OC)cc1. The maximum absolute atomic E-state index is 6.48. The second kappa shape index (κ2) is 8.80. The molecule has 3 fully saturated rings. The zero-order valence-electron chi connectivity index (χ0n) is 16.7. The Labute approximate surface area is 168 Å². The average Bonchev–Trinajstić information content (AvgIpc) is 2.99. The number of piperazine rings is 1. The Kier molecular flexibility index (Phi) is 5.98. The van der Waals surface area contributed by atoms with Crippen molar-refractivity contribution in [2.75, 3.05) is 26.7 Å². The summed E-state index contributed by atoms with van der Waals surface area (Å²) in [5.74, 6) is 1.88. The van der Waals surface area contributed by atoms with Gasteiger partial charge in [-0.3, -0.25) is 9.80 Å². The molecule has 3 saturated heterocycles.